The number of pyridine rings is 1. The monoisotopic (exact) mass is 508 g/mol. The second-order valence-corrected chi connectivity index (χ2v) is 13.0. The summed E-state index contributed by atoms with van der Waals surface area (Å²) in [6.45, 7) is 2.21. The molecule has 188 valence electrons. The van der Waals surface area contributed by atoms with Gasteiger partial charge in [-0.3, -0.25) is 4.79 Å². The molecule has 1 spiro atoms. The summed E-state index contributed by atoms with van der Waals surface area (Å²) in [5.74, 6) is 0.735. The highest BCUT2D eigenvalue weighted by molar-refractivity contribution is 7.88. The van der Waals surface area contributed by atoms with Crippen LogP contribution in [0.5, 0.6) is 0 Å². The third kappa shape index (κ3) is 4.63. The van der Waals surface area contributed by atoms with Crippen molar-refractivity contribution in [2.75, 3.05) is 25.9 Å². The fraction of sp³-hybridized carbons (Fsp3) is 0.760. The number of sulfonamides is 1. The number of nitrogens with one attached hydrogen (secondary N) is 2. The number of nitrogens with zero attached hydrogens (tertiary/aromatic N) is 2. The first-order valence-corrected chi connectivity index (χ1v) is 15.2. The van der Waals surface area contributed by atoms with Gasteiger partial charge in [-0.15, -0.1) is 0 Å². The number of likely N-dealkylation sites (tertiary alicyclic amines) is 1. The maximum absolute atomic E-state index is 14.2. The number of carbonyl (C=O) groups excluding carboxylic acids is 1. The number of halogens is 1. The Morgan fingerprint density at radius 1 is 1.15 bits per heavy atom. The van der Waals surface area contributed by atoms with Crippen LogP contribution in [-0.2, 0) is 20.2 Å². The lowest BCUT2D eigenvalue weighted by atomic mass is 9.64. The van der Waals surface area contributed by atoms with Crippen molar-refractivity contribution in [3.05, 3.63) is 28.5 Å². The van der Waals surface area contributed by atoms with Gasteiger partial charge in [0.15, 0.2) is 0 Å². The second-order valence-electron chi connectivity index (χ2n) is 10.9. The van der Waals surface area contributed by atoms with Crippen LogP contribution in [0.4, 0.5) is 0 Å². The standard InChI is InChI=1S/C25H37ClN4O3S/c1-34(32,33)29-20-12-13-25(18-10-11-22(26)28-23(18)20)16-27-15-19(25)24(31)30-14-6-5-9-21(30)17-7-3-2-4-8-17/h10-11,17,19-21,27,29H,2-9,12-16H2,1H3/t19?,20?,21?,25-/m0/s1. The van der Waals surface area contributed by atoms with Crippen molar-refractivity contribution in [3.8, 4) is 0 Å². The SMILES string of the molecule is CS(=O)(=O)NC1CC[C@]2(CNCC2C(=O)N2CCCCC2C2CCCCC2)c2ccc(Cl)nc21. The number of carbonyl (C=O) groups is 1. The van der Waals surface area contributed by atoms with Gasteiger partial charge in [0.2, 0.25) is 15.9 Å². The molecule has 1 saturated carbocycles. The number of hydrogen-bond acceptors (Lipinski definition) is 5. The largest absolute Gasteiger partial charge is 0.339 e. The number of rotatable bonds is 4. The van der Waals surface area contributed by atoms with E-state index in [4.69, 9.17) is 11.6 Å². The molecule has 1 aromatic rings. The van der Waals surface area contributed by atoms with E-state index in [0.29, 0.717) is 42.3 Å². The van der Waals surface area contributed by atoms with Crippen LogP contribution in [0, 0.1) is 11.8 Å². The van der Waals surface area contributed by atoms with Crippen LogP contribution in [0.3, 0.4) is 0 Å². The number of aromatic nitrogens is 1. The van der Waals surface area contributed by atoms with E-state index >= 15 is 0 Å². The average Bonchev–Trinajstić information content (AvgIpc) is 3.24. The molecular weight excluding hydrogens is 472 g/mol. The number of hydrogen-bond donors (Lipinski definition) is 2. The Labute approximate surface area is 208 Å². The summed E-state index contributed by atoms with van der Waals surface area (Å²) in [7, 11) is -3.41. The predicted molar refractivity (Wildman–Crippen MR) is 133 cm³/mol. The lowest BCUT2D eigenvalue weighted by Gasteiger charge is -2.47. The van der Waals surface area contributed by atoms with Gasteiger partial charge in [0.25, 0.3) is 0 Å². The van der Waals surface area contributed by atoms with Gasteiger partial charge in [-0.05, 0) is 62.5 Å². The number of fused-ring (bicyclic) bond motifs is 2. The molecule has 7 nitrogen and oxygen atoms in total. The molecule has 3 fully saturated rings. The van der Waals surface area contributed by atoms with E-state index in [9.17, 15) is 13.2 Å². The highest BCUT2D eigenvalue weighted by atomic mass is 35.5. The molecule has 4 atom stereocenters. The summed E-state index contributed by atoms with van der Waals surface area (Å²) >= 11 is 6.25. The topological polar surface area (TPSA) is 91.4 Å². The third-order valence-electron chi connectivity index (χ3n) is 8.77. The fourth-order valence-corrected chi connectivity index (χ4v) is 8.15. The van der Waals surface area contributed by atoms with Gasteiger partial charge in [0.05, 0.1) is 23.9 Å². The minimum atomic E-state index is -3.41. The molecule has 3 unspecified atom stereocenters. The Bertz CT molecular complexity index is 1030. The van der Waals surface area contributed by atoms with Gasteiger partial charge in [-0.1, -0.05) is 36.9 Å². The van der Waals surface area contributed by atoms with E-state index in [2.05, 4.69) is 19.9 Å². The van der Waals surface area contributed by atoms with E-state index in [-0.39, 0.29) is 17.2 Å². The van der Waals surface area contributed by atoms with Crippen LogP contribution in [0.25, 0.3) is 0 Å². The van der Waals surface area contributed by atoms with Crippen LogP contribution in [0.15, 0.2) is 12.1 Å². The molecule has 3 heterocycles. The van der Waals surface area contributed by atoms with Gasteiger partial charge in [0.1, 0.15) is 5.15 Å². The Kier molecular flexibility index (Phi) is 6.97. The van der Waals surface area contributed by atoms with Crippen molar-refractivity contribution in [1.82, 2.24) is 19.9 Å². The maximum Gasteiger partial charge on any atom is 0.228 e. The number of amides is 1. The van der Waals surface area contributed by atoms with Crippen molar-refractivity contribution < 1.29 is 13.2 Å². The molecule has 0 bridgehead atoms. The Hall–Kier alpha value is -1.22. The molecule has 2 saturated heterocycles. The van der Waals surface area contributed by atoms with Crippen LogP contribution in [0.1, 0.15) is 81.5 Å². The van der Waals surface area contributed by atoms with Gasteiger partial charge < -0.3 is 10.2 Å². The first-order valence-electron chi connectivity index (χ1n) is 12.9. The van der Waals surface area contributed by atoms with Gasteiger partial charge in [-0.25, -0.2) is 18.1 Å². The van der Waals surface area contributed by atoms with E-state index in [1.165, 1.54) is 44.8 Å². The minimum absolute atomic E-state index is 0.169. The lowest BCUT2D eigenvalue weighted by Crippen LogP contribution is -2.54. The molecule has 1 amide bonds. The molecule has 9 heteroatoms. The average molecular weight is 509 g/mol. The molecule has 4 aliphatic rings. The van der Waals surface area contributed by atoms with E-state index < -0.39 is 16.1 Å². The zero-order valence-corrected chi connectivity index (χ0v) is 21.6. The first-order chi connectivity index (χ1) is 16.3. The summed E-state index contributed by atoms with van der Waals surface area (Å²) in [4.78, 5) is 21.1. The molecule has 2 N–H and O–H groups in total. The summed E-state index contributed by atoms with van der Waals surface area (Å²) < 4.78 is 26.8. The van der Waals surface area contributed by atoms with E-state index in [1.807, 2.05) is 6.07 Å². The summed E-state index contributed by atoms with van der Waals surface area (Å²) in [5, 5.41) is 3.86. The predicted octanol–water partition coefficient (Wildman–Crippen LogP) is 3.54. The lowest BCUT2D eigenvalue weighted by molar-refractivity contribution is -0.142. The normalized spacial score (nSPS) is 32.6. The van der Waals surface area contributed by atoms with Crippen molar-refractivity contribution in [3.63, 3.8) is 0 Å². The van der Waals surface area contributed by atoms with E-state index in [1.54, 1.807) is 6.07 Å². The fourth-order valence-electron chi connectivity index (χ4n) is 7.25. The third-order valence-corrected chi connectivity index (χ3v) is 9.70. The zero-order chi connectivity index (χ0) is 23.9. The molecule has 1 aromatic heterocycles. The van der Waals surface area contributed by atoms with Gasteiger partial charge >= 0.3 is 0 Å². The Morgan fingerprint density at radius 2 is 1.91 bits per heavy atom. The highest BCUT2D eigenvalue weighted by Crippen LogP contribution is 2.49. The molecule has 2 aliphatic heterocycles. The highest BCUT2D eigenvalue weighted by Gasteiger charge is 2.54. The van der Waals surface area contributed by atoms with Crippen LogP contribution < -0.4 is 10.0 Å². The Morgan fingerprint density at radius 3 is 2.68 bits per heavy atom. The molecule has 2 aliphatic carbocycles. The minimum Gasteiger partial charge on any atom is -0.339 e. The molecule has 0 aromatic carbocycles. The Balaban J connectivity index is 1.47. The van der Waals surface area contributed by atoms with Crippen LogP contribution in [0.2, 0.25) is 5.15 Å². The number of piperidine rings is 1. The quantitative estimate of drug-likeness (QED) is 0.607. The van der Waals surface area contributed by atoms with Crippen molar-refractivity contribution in [2.45, 2.75) is 81.7 Å². The van der Waals surface area contributed by atoms with Crippen LogP contribution >= 0.6 is 11.6 Å². The first kappa shape index (κ1) is 24.5. The zero-order valence-electron chi connectivity index (χ0n) is 20.1. The summed E-state index contributed by atoms with van der Waals surface area (Å²) in [5.41, 5.74) is 1.26. The van der Waals surface area contributed by atoms with Gasteiger partial charge in [0, 0.05) is 31.1 Å². The molecule has 5 rings (SSSR count). The van der Waals surface area contributed by atoms with Crippen LogP contribution in [-0.4, -0.2) is 56.1 Å². The van der Waals surface area contributed by atoms with Crippen molar-refractivity contribution in [1.29, 1.82) is 0 Å². The maximum atomic E-state index is 14.2. The smallest absolute Gasteiger partial charge is 0.228 e. The second kappa shape index (κ2) is 9.68. The summed E-state index contributed by atoms with van der Waals surface area (Å²) in [6.07, 6.45) is 12.3. The summed E-state index contributed by atoms with van der Waals surface area (Å²) in [6, 6.07) is 3.69. The van der Waals surface area contributed by atoms with Crippen molar-refractivity contribution >= 4 is 27.5 Å². The van der Waals surface area contributed by atoms with Gasteiger partial charge in [-0.2, -0.15) is 0 Å². The van der Waals surface area contributed by atoms with Crippen molar-refractivity contribution in [2.24, 2.45) is 11.8 Å². The molecular formula is C25H37ClN4O3S. The molecule has 34 heavy (non-hydrogen) atoms. The molecule has 0 radical (unpaired) electrons. The van der Waals surface area contributed by atoms with E-state index in [0.717, 1.165) is 31.4 Å².